The lowest BCUT2D eigenvalue weighted by atomic mass is 9.92. The van der Waals surface area contributed by atoms with Gasteiger partial charge in [0, 0.05) is 30.7 Å². The van der Waals surface area contributed by atoms with E-state index in [0.717, 1.165) is 41.2 Å². The van der Waals surface area contributed by atoms with Gasteiger partial charge in [0.15, 0.2) is 0 Å². The molecule has 0 N–H and O–H groups in total. The van der Waals surface area contributed by atoms with Gasteiger partial charge in [-0.2, -0.15) is 5.10 Å². The van der Waals surface area contributed by atoms with Gasteiger partial charge >= 0.3 is 0 Å². The van der Waals surface area contributed by atoms with Crippen molar-refractivity contribution in [1.82, 2.24) is 14.7 Å². The monoisotopic (exact) mass is 401 g/mol. The summed E-state index contributed by atoms with van der Waals surface area (Å²) < 4.78 is 9.57. The maximum Gasteiger partial charge on any atom is 0.123 e. The third-order valence-corrected chi connectivity index (χ3v) is 6.08. The van der Waals surface area contributed by atoms with Gasteiger partial charge in [0.1, 0.15) is 3.70 Å². The van der Waals surface area contributed by atoms with Crippen LogP contribution >= 0.6 is 22.6 Å². The number of hydrogen-bond donors (Lipinski definition) is 0. The zero-order valence-electron chi connectivity index (χ0n) is 13.1. The van der Waals surface area contributed by atoms with Gasteiger partial charge in [-0.15, -0.1) is 0 Å². The minimum atomic E-state index is 0.161. The number of hydrogen-bond acceptors (Lipinski definition) is 3. The SMILES string of the molecule is CC(C)n1nc(I)cc1[C@@H]1[C@@H]2CC3(C[C@@H]21)CN(C)CCO3. The molecule has 1 aromatic rings. The lowest BCUT2D eigenvalue weighted by Gasteiger charge is -2.40. The molecule has 2 heterocycles. The molecule has 4 rings (SSSR count). The van der Waals surface area contributed by atoms with Crippen molar-refractivity contribution in [3.05, 3.63) is 15.5 Å². The summed E-state index contributed by atoms with van der Waals surface area (Å²) in [5.74, 6) is 2.37. The molecule has 1 aromatic heterocycles. The first kappa shape index (κ1) is 14.5. The van der Waals surface area contributed by atoms with Crippen molar-refractivity contribution < 1.29 is 4.74 Å². The van der Waals surface area contributed by atoms with Gasteiger partial charge in [-0.3, -0.25) is 4.68 Å². The van der Waals surface area contributed by atoms with Crippen molar-refractivity contribution in [3.63, 3.8) is 0 Å². The molecule has 1 unspecified atom stereocenters. The van der Waals surface area contributed by atoms with E-state index in [2.05, 4.69) is 64.2 Å². The predicted octanol–water partition coefficient (Wildman–Crippen LogP) is 2.89. The molecular weight excluding hydrogens is 377 g/mol. The number of likely N-dealkylation sites (N-methyl/N-ethyl adjacent to an activating group) is 1. The van der Waals surface area contributed by atoms with Gasteiger partial charge in [-0.1, -0.05) is 0 Å². The molecule has 5 heteroatoms. The van der Waals surface area contributed by atoms with Gasteiger partial charge in [0.2, 0.25) is 0 Å². The molecule has 0 bridgehead atoms. The average molecular weight is 401 g/mol. The first-order chi connectivity index (χ1) is 9.99. The van der Waals surface area contributed by atoms with Crippen molar-refractivity contribution in [2.24, 2.45) is 11.8 Å². The van der Waals surface area contributed by atoms with E-state index in [9.17, 15) is 0 Å². The largest absolute Gasteiger partial charge is 0.372 e. The van der Waals surface area contributed by atoms with Gasteiger partial charge in [-0.25, -0.2) is 0 Å². The zero-order chi connectivity index (χ0) is 14.8. The molecular formula is C16H24IN3O. The Balaban J connectivity index is 1.51. The van der Waals surface area contributed by atoms with E-state index in [1.54, 1.807) is 0 Å². The molecule has 3 fully saturated rings. The Kier molecular flexibility index (Phi) is 3.39. The Morgan fingerprint density at radius 3 is 2.71 bits per heavy atom. The highest BCUT2D eigenvalue weighted by Gasteiger charge is 2.63. The van der Waals surface area contributed by atoms with Gasteiger partial charge in [0.05, 0.1) is 12.2 Å². The van der Waals surface area contributed by atoms with Crippen LogP contribution in [0.5, 0.6) is 0 Å². The fourth-order valence-corrected chi connectivity index (χ4v) is 5.26. The quantitative estimate of drug-likeness (QED) is 0.715. The molecule has 1 saturated heterocycles. The van der Waals surface area contributed by atoms with Crippen molar-refractivity contribution in [2.45, 2.75) is 44.2 Å². The molecule has 1 aliphatic heterocycles. The summed E-state index contributed by atoms with van der Waals surface area (Å²) in [5, 5.41) is 4.68. The molecule has 116 valence electrons. The predicted molar refractivity (Wildman–Crippen MR) is 90.5 cm³/mol. The summed E-state index contributed by atoms with van der Waals surface area (Å²) in [6, 6.07) is 2.75. The fourth-order valence-electron chi connectivity index (χ4n) is 4.70. The van der Waals surface area contributed by atoms with E-state index >= 15 is 0 Å². The first-order valence-corrected chi connectivity index (χ1v) is 9.14. The average Bonchev–Trinajstić information content (AvgIpc) is 2.77. The number of ether oxygens (including phenoxy) is 1. The number of aromatic nitrogens is 2. The molecule has 4 atom stereocenters. The Hall–Kier alpha value is -0.140. The summed E-state index contributed by atoms with van der Waals surface area (Å²) in [6.45, 7) is 7.56. The van der Waals surface area contributed by atoms with Crippen LogP contribution in [0.3, 0.4) is 0 Å². The maximum atomic E-state index is 6.20. The van der Waals surface area contributed by atoms with Crippen LogP contribution in [0.4, 0.5) is 0 Å². The van der Waals surface area contributed by atoms with Crippen LogP contribution in [-0.4, -0.2) is 47.0 Å². The van der Waals surface area contributed by atoms with Crippen molar-refractivity contribution in [2.75, 3.05) is 26.7 Å². The van der Waals surface area contributed by atoms with E-state index in [0.29, 0.717) is 6.04 Å². The summed E-state index contributed by atoms with van der Waals surface area (Å²) in [7, 11) is 2.22. The number of halogens is 1. The van der Waals surface area contributed by atoms with Crippen LogP contribution in [0.25, 0.3) is 0 Å². The molecule has 0 amide bonds. The standard InChI is InChI=1S/C16H24IN3O/c1-10(2)20-13(6-14(17)18-20)15-11-7-16(8-12(11)15)9-19(3)4-5-21-16/h6,10-12,15H,4-5,7-9H2,1-3H3/t11-,12+,15-,16?. The minimum Gasteiger partial charge on any atom is -0.372 e. The number of morpholine rings is 1. The van der Waals surface area contributed by atoms with E-state index in [-0.39, 0.29) is 5.60 Å². The molecule has 4 nitrogen and oxygen atoms in total. The molecule has 21 heavy (non-hydrogen) atoms. The maximum absolute atomic E-state index is 6.20. The van der Waals surface area contributed by atoms with Gasteiger partial charge in [-0.05, 0) is 74.2 Å². The van der Waals surface area contributed by atoms with Crippen LogP contribution in [0.15, 0.2) is 6.07 Å². The van der Waals surface area contributed by atoms with E-state index in [1.165, 1.54) is 18.5 Å². The third-order valence-electron chi connectivity index (χ3n) is 5.55. The molecule has 2 aliphatic carbocycles. The van der Waals surface area contributed by atoms with Crippen LogP contribution < -0.4 is 0 Å². The second-order valence-corrected chi connectivity index (χ2v) is 8.57. The second-order valence-electron chi connectivity index (χ2n) is 7.46. The highest BCUT2D eigenvalue weighted by Crippen LogP contribution is 2.67. The lowest BCUT2D eigenvalue weighted by molar-refractivity contribution is -0.106. The van der Waals surface area contributed by atoms with Gasteiger partial charge in [0.25, 0.3) is 0 Å². The third kappa shape index (κ3) is 2.36. The van der Waals surface area contributed by atoms with E-state index < -0.39 is 0 Å². The Labute approximate surface area is 140 Å². The fraction of sp³-hybridized carbons (Fsp3) is 0.812. The number of rotatable bonds is 2. The molecule has 1 spiro atoms. The second kappa shape index (κ2) is 4.93. The molecule has 0 aromatic carbocycles. The van der Waals surface area contributed by atoms with E-state index in [4.69, 9.17) is 4.74 Å². The Bertz CT molecular complexity index is 544. The highest BCUT2D eigenvalue weighted by molar-refractivity contribution is 14.1. The van der Waals surface area contributed by atoms with Crippen LogP contribution in [0.2, 0.25) is 0 Å². The zero-order valence-corrected chi connectivity index (χ0v) is 15.2. The molecule has 0 radical (unpaired) electrons. The number of nitrogens with zero attached hydrogens (tertiary/aromatic N) is 3. The van der Waals surface area contributed by atoms with Gasteiger partial charge < -0.3 is 9.64 Å². The smallest absolute Gasteiger partial charge is 0.123 e. The summed E-state index contributed by atoms with van der Waals surface area (Å²) >= 11 is 2.34. The van der Waals surface area contributed by atoms with E-state index in [1.807, 2.05) is 0 Å². The van der Waals surface area contributed by atoms with Crippen LogP contribution in [-0.2, 0) is 4.74 Å². The Morgan fingerprint density at radius 2 is 2.10 bits per heavy atom. The van der Waals surface area contributed by atoms with Crippen molar-refractivity contribution in [3.8, 4) is 0 Å². The molecule has 3 aliphatic rings. The summed E-state index contributed by atoms with van der Waals surface area (Å²) in [4.78, 5) is 2.44. The minimum absolute atomic E-state index is 0.161. The first-order valence-electron chi connectivity index (χ1n) is 8.06. The number of fused-ring (bicyclic) bond motifs is 1. The topological polar surface area (TPSA) is 30.3 Å². The summed E-state index contributed by atoms with van der Waals surface area (Å²) in [6.07, 6.45) is 2.49. The summed E-state index contributed by atoms with van der Waals surface area (Å²) in [5.41, 5.74) is 1.62. The lowest BCUT2D eigenvalue weighted by Crippen LogP contribution is -2.49. The Morgan fingerprint density at radius 1 is 1.38 bits per heavy atom. The van der Waals surface area contributed by atoms with Crippen LogP contribution in [0, 0.1) is 15.5 Å². The van der Waals surface area contributed by atoms with Crippen LogP contribution in [0.1, 0.15) is 44.3 Å². The van der Waals surface area contributed by atoms with Crippen molar-refractivity contribution >= 4 is 22.6 Å². The van der Waals surface area contributed by atoms with Crippen molar-refractivity contribution in [1.29, 1.82) is 0 Å². The highest BCUT2D eigenvalue weighted by atomic mass is 127. The molecule has 2 saturated carbocycles. The normalized spacial score (nSPS) is 39.2.